The number of Topliss-reactive ketones (excluding diaryl/α,β-unsaturated/α-hetero) is 1. The van der Waals surface area contributed by atoms with Crippen molar-refractivity contribution in [3.05, 3.63) is 53.2 Å². The lowest BCUT2D eigenvalue weighted by molar-refractivity contribution is -0.137. The number of aromatic nitrogens is 1. The molecule has 1 aromatic heterocycles. The Balaban J connectivity index is 1.86. The number of ether oxygens (including phenoxy) is 2. The van der Waals surface area contributed by atoms with Gasteiger partial charge in [0.1, 0.15) is 11.9 Å². The molecule has 2 aromatic rings. The summed E-state index contributed by atoms with van der Waals surface area (Å²) < 4.78 is 48.6. The van der Waals surface area contributed by atoms with E-state index < -0.39 is 17.8 Å². The van der Waals surface area contributed by atoms with Crippen LogP contribution in [0, 0.1) is 0 Å². The number of nitrogens with zero attached hydrogens (tertiary/aromatic N) is 1. The summed E-state index contributed by atoms with van der Waals surface area (Å²) in [6.45, 7) is 0. The van der Waals surface area contributed by atoms with E-state index in [1.54, 1.807) is 12.1 Å². The minimum Gasteiger partial charge on any atom is -0.484 e. The molecule has 0 aliphatic heterocycles. The molecule has 7 heteroatoms. The maximum atomic E-state index is 12.6. The zero-order valence-electron chi connectivity index (χ0n) is 12.8. The number of pyridine rings is 1. The Morgan fingerprint density at radius 2 is 1.83 bits per heavy atom. The van der Waals surface area contributed by atoms with Gasteiger partial charge in [-0.3, -0.25) is 4.79 Å². The van der Waals surface area contributed by atoms with E-state index >= 15 is 0 Å². The summed E-state index contributed by atoms with van der Waals surface area (Å²) in [5.74, 6) is 0.606. The molecule has 4 nitrogen and oxygen atoms in total. The maximum Gasteiger partial charge on any atom is 0.416 e. The van der Waals surface area contributed by atoms with E-state index in [2.05, 4.69) is 4.98 Å². The van der Waals surface area contributed by atoms with Gasteiger partial charge in [-0.05, 0) is 36.8 Å². The van der Waals surface area contributed by atoms with Gasteiger partial charge in [-0.1, -0.05) is 0 Å². The minimum atomic E-state index is -4.39. The van der Waals surface area contributed by atoms with Gasteiger partial charge in [0.05, 0.1) is 18.4 Å². The summed E-state index contributed by atoms with van der Waals surface area (Å²) in [7, 11) is 1.46. The zero-order chi connectivity index (χ0) is 17.3. The average Bonchev–Trinajstić information content (AvgIpc) is 2.57. The lowest BCUT2D eigenvalue weighted by Gasteiger charge is -2.25. The van der Waals surface area contributed by atoms with Crippen LogP contribution in [-0.4, -0.2) is 17.9 Å². The van der Waals surface area contributed by atoms with Crippen molar-refractivity contribution in [3.63, 3.8) is 0 Å². The summed E-state index contributed by atoms with van der Waals surface area (Å²) in [6.07, 6.45) is -4.19. The van der Waals surface area contributed by atoms with Gasteiger partial charge in [0.15, 0.2) is 5.78 Å². The first kappa shape index (κ1) is 16.3. The van der Waals surface area contributed by atoms with Gasteiger partial charge < -0.3 is 9.47 Å². The highest BCUT2D eigenvalue weighted by molar-refractivity contribution is 5.98. The van der Waals surface area contributed by atoms with Crippen molar-refractivity contribution in [2.24, 2.45) is 0 Å². The molecule has 0 N–H and O–H groups in total. The van der Waals surface area contributed by atoms with Gasteiger partial charge in [0, 0.05) is 18.1 Å². The molecular formula is C17H14F3NO3. The fraction of sp³-hybridized carbons (Fsp3) is 0.294. The summed E-state index contributed by atoms with van der Waals surface area (Å²) in [4.78, 5) is 16.2. The number of carbonyl (C=O) groups is 1. The van der Waals surface area contributed by atoms with Gasteiger partial charge in [-0.2, -0.15) is 13.2 Å². The van der Waals surface area contributed by atoms with E-state index in [1.807, 2.05) is 0 Å². The topological polar surface area (TPSA) is 48.4 Å². The highest BCUT2D eigenvalue weighted by atomic mass is 19.4. The first-order valence-corrected chi connectivity index (χ1v) is 7.30. The lowest BCUT2D eigenvalue weighted by Crippen LogP contribution is -2.21. The summed E-state index contributed by atoms with van der Waals surface area (Å²) in [5, 5.41) is 0. The third-order valence-electron chi connectivity index (χ3n) is 3.81. The normalized spacial score (nSPS) is 17.3. The highest BCUT2D eigenvalue weighted by Gasteiger charge is 2.31. The molecule has 0 fully saturated rings. The van der Waals surface area contributed by atoms with Gasteiger partial charge >= 0.3 is 6.18 Å². The molecule has 0 amide bonds. The van der Waals surface area contributed by atoms with Crippen molar-refractivity contribution in [2.45, 2.75) is 25.1 Å². The van der Waals surface area contributed by atoms with E-state index in [0.29, 0.717) is 30.0 Å². The number of alkyl halides is 3. The molecule has 1 heterocycles. The molecule has 24 heavy (non-hydrogen) atoms. The van der Waals surface area contributed by atoms with Crippen LogP contribution in [0.3, 0.4) is 0 Å². The van der Waals surface area contributed by atoms with Gasteiger partial charge in [0.2, 0.25) is 5.88 Å². The monoisotopic (exact) mass is 337 g/mol. The van der Waals surface area contributed by atoms with Crippen LogP contribution in [0.5, 0.6) is 11.6 Å². The van der Waals surface area contributed by atoms with Crippen LogP contribution in [0.1, 0.15) is 40.6 Å². The molecular weight excluding hydrogens is 323 g/mol. The first-order chi connectivity index (χ1) is 11.4. The van der Waals surface area contributed by atoms with Crippen molar-refractivity contribution >= 4 is 5.78 Å². The first-order valence-electron chi connectivity index (χ1n) is 7.30. The Kier molecular flexibility index (Phi) is 4.17. The molecule has 0 spiro atoms. The standard InChI is InChI=1S/C17H14F3NO3/c1-23-15-9-6-12-13(22)7-8-14(16(12)21-15)24-11-4-2-10(3-5-11)17(18,19)20/h2-6,9,14H,7-8H2,1H3. The molecule has 0 saturated heterocycles. The molecule has 0 saturated carbocycles. The number of hydrogen-bond donors (Lipinski definition) is 0. The van der Waals surface area contributed by atoms with Crippen molar-refractivity contribution in [1.29, 1.82) is 0 Å². The predicted molar refractivity (Wildman–Crippen MR) is 79.2 cm³/mol. The second-order valence-corrected chi connectivity index (χ2v) is 5.38. The second-order valence-electron chi connectivity index (χ2n) is 5.38. The Morgan fingerprint density at radius 3 is 2.46 bits per heavy atom. The number of hydrogen-bond acceptors (Lipinski definition) is 4. The summed E-state index contributed by atoms with van der Waals surface area (Å²) in [6, 6.07) is 7.67. The van der Waals surface area contributed by atoms with Gasteiger partial charge in [0.25, 0.3) is 0 Å². The number of ketones is 1. The summed E-state index contributed by atoms with van der Waals surface area (Å²) in [5.41, 5.74) is 0.165. The van der Waals surface area contributed by atoms with Crippen molar-refractivity contribution in [3.8, 4) is 11.6 Å². The average molecular weight is 337 g/mol. The van der Waals surface area contributed by atoms with Crippen molar-refractivity contribution in [1.82, 2.24) is 4.98 Å². The third-order valence-corrected chi connectivity index (χ3v) is 3.81. The maximum absolute atomic E-state index is 12.6. The fourth-order valence-electron chi connectivity index (χ4n) is 2.59. The van der Waals surface area contributed by atoms with Crippen LogP contribution in [0.2, 0.25) is 0 Å². The molecule has 0 bridgehead atoms. The Hall–Kier alpha value is -2.57. The smallest absolute Gasteiger partial charge is 0.416 e. The predicted octanol–water partition coefficient (Wildman–Crippen LogP) is 4.21. The molecule has 126 valence electrons. The van der Waals surface area contributed by atoms with Gasteiger partial charge in [-0.15, -0.1) is 0 Å². The van der Waals surface area contributed by atoms with Crippen LogP contribution < -0.4 is 9.47 Å². The second kappa shape index (κ2) is 6.14. The fourth-order valence-corrected chi connectivity index (χ4v) is 2.59. The molecule has 3 rings (SSSR count). The van der Waals surface area contributed by atoms with Crippen molar-refractivity contribution < 1.29 is 27.4 Å². The van der Waals surface area contributed by atoms with Crippen LogP contribution in [0.25, 0.3) is 0 Å². The number of methoxy groups -OCH3 is 1. The van der Waals surface area contributed by atoms with Crippen LogP contribution in [-0.2, 0) is 6.18 Å². The van der Waals surface area contributed by atoms with E-state index in [0.717, 1.165) is 12.1 Å². The van der Waals surface area contributed by atoms with Crippen LogP contribution >= 0.6 is 0 Å². The number of fused-ring (bicyclic) bond motifs is 1. The number of benzene rings is 1. The van der Waals surface area contributed by atoms with E-state index in [1.165, 1.54) is 19.2 Å². The number of halogens is 3. The number of carbonyl (C=O) groups excluding carboxylic acids is 1. The molecule has 1 aliphatic rings. The Labute approximate surface area is 136 Å². The molecule has 0 radical (unpaired) electrons. The lowest BCUT2D eigenvalue weighted by atomic mass is 9.92. The Bertz CT molecular complexity index is 757. The largest absolute Gasteiger partial charge is 0.484 e. The third kappa shape index (κ3) is 3.20. The summed E-state index contributed by atoms with van der Waals surface area (Å²) >= 11 is 0. The molecule has 1 aromatic carbocycles. The molecule has 1 aliphatic carbocycles. The van der Waals surface area contributed by atoms with Gasteiger partial charge in [-0.25, -0.2) is 4.98 Å². The van der Waals surface area contributed by atoms with Crippen LogP contribution in [0.15, 0.2) is 36.4 Å². The quantitative estimate of drug-likeness (QED) is 0.842. The van der Waals surface area contributed by atoms with Crippen molar-refractivity contribution in [2.75, 3.05) is 7.11 Å². The minimum absolute atomic E-state index is 0.0348. The zero-order valence-corrected chi connectivity index (χ0v) is 12.8. The van der Waals surface area contributed by atoms with E-state index in [4.69, 9.17) is 9.47 Å². The number of rotatable bonds is 3. The SMILES string of the molecule is COc1ccc2c(n1)C(Oc1ccc(C(F)(F)F)cc1)CCC2=O. The van der Waals surface area contributed by atoms with Crippen LogP contribution in [0.4, 0.5) is 13.2 Å². The highest BCUT2D eigenvalue weighted by Crippen LogP contribution is 2.35. The molecule has 1 unspecified atom stereocenters. The Morgan fingerprint density at radius 1 is 1.12 bits per heavy atom. The molecule has 1 atom stereocenters. The van der Waals surface area contributed by atoms with E-state index in [-0.39, 0.29) is 11.5 Å². The van der Waals surface area contributed by atoms with E-state index in [9.17, 15) is 18.0 Å².